The number of piperazine rings is 1. The van der Waals surface area contributed by atoms with Crippen LogP contribution >= 0.6 is 0 Å². The van der Waals surface area contributed by atoms with Crippen molar-refractivity contribution in [3.63, 3.8) is 0 Å². The Morgan fingerprint density at radius 1 is 1.08 bits per heavy atom. The lowest BCUT2D eigenvalue weighted by molar-refractivity contribution is -0.136. The third-order valence-electron chi connectivity index (χ3n) is 7.93. The van der Waals surface area contributed by atoms with Gasteiger partial charge in [-0.05, 0) is 67.4 Å². The summed E-state index contributed by atoms with van der Waals surface area (Å²) in [7, 11) is 2.15. The Morgan fingerprint density at radius 3 is 2.60 bits per heavy atom. The molecule has 0 radical (unpaired) electrons. The molecule has 4 unspecified atom stereocenters. The summed E-state index contributed by atoms with van der Waals surface area (Å²) in [6.45, 7) is 3.89. The number of benzene rings is 1. The Balaban J connectivity index is 1.37. The maximum atomic E-state index is 13.1. The highest BCUT2D eigenvalue weighted by Gasteiger charge is 2.64. The molecule has 1 amide bonds. The van der Waals surface area contributed by atoms with Crippen LogP contribution in [0, 0.1) is 17.3 Å². The number of amides is 1. The molecule has 0 spiro atoms. The van der Waals surface area contributed by atoms with Gasteiger partial charge in [0.15, 0.2) is 0 Å². The van der Waals surface area contributed by atoms with Crippen molar-refractivity contribution in [1.29, 1.82) is 0 Å². The fourth-order valence-corrected chi connectivity index (χ4v) is 6.95. The van der Waals surface area contributed by atoms with Crippen LogP contribution in [0.3, 0.4) is 0 Å². The average molecular weight is 338 g/mol. The van der Waals surface area contributed by atoms with Crippen molar-refractivity contribution in [1.82, 2.24) is 9.80 Å². The van der Waals surface area contributed by atoms with E-state index in [2.05, 4.69) is 47.2 Å². The fraction of sp³-hybridized carbons (Fsp3) is 0.682. The summed E-state index contributed by atoms with van der Waals surface area (Å²) in [5.41, 5.74) is 2.22. The van der Waals surface area contributed by atoms with Crippen LogP contribution in [0.25, 0.3) is 0 Å². The molecule has 3 nitrogen and oxygen atoms in total. The van der Waals surface area contributed by atoms with Crippen LogP contribution in [0.5, 0.6) is 0 Å². The van der Waals surface area contributed by atoms with Gasteiger partial charge in [0.05, 0.1) is 0 Å². The second-order valence-corrected chi connectivity index (χ2v) is 9.46. The molecule has 6 rings (SSSR count). The van der Waals surface area contributed by atoms with E-state index in [9.17, 15) is 4.79 Å². The molecule has 1 aromatic rings. The van der Waals surface area contributed by atoms with Gasteiger partial charge >= 0.3 is 0 Å². The van der Waals surface area contributed by atoms with Gasteiger partial charge in [-0.2, -0.15) is 0 Å². The molecule has 1 aromatic carbocycles. The third kappa shape index (κ3) is 2.46. The Bertz CT molecular complexity index is 666. The molecule has 1 aliphatic heterocycles. The number of hydrogen-bond donors (Lipinski definition) is 0. The molecule has 0 aromatic heterocycles. The predicted molar refractivity (Wildman–Crippen MR) is 99.3 cm³/mol. The fourth-order valence-electron chi connectivity index (χ4n) is 6.95. The molecule has 5 aliphatic rings. The molecule has 3 heteroatoms. The normalized spacial score (nSPS) is 40.0. The summed E-state index contributed by atoms with van der Waals surface area (Å²) < 4.78 is 0. The highest BCUT2D eigenvalue weighted by molar-refractivity contribution is 5.77. The highest BCUT2D eigenvalue weighted by atomic mass is 16.2. The summed E-state index contributed by atoms with van der Waals surface area (Å²) >= 11 is 0. The summed E-state index contributed by atoms with van der Waals surface area (Å²) in [6.07, 6.45) is 7.44. The smallest absolute Gasteiger partial charge is 0.223 e. The van der Waals surface area contributed by atoms with Crippen molar-refractivity contribution < 1.29 is 4.79 Å². The Kier molecular flexibility index (Phi) is 3.54. The molecule has 4 saturated carbocycles. The second kappa shape index (κ2) is 5.57. The topological polar surface area (TPSA) is 23.6 Å². The Labute approximate surface area is 151 Å². The summed E-state index contributed by atoms with van der Waals surface area (Å²) in [5.74, 6) is 2.07. The number of likely N-dealkylation sites (N-methyl/N-ethyl adjacent to an activating group) is 1. The molecular weight excluding hydrogens is 308 g/mol. The maximum absolute atomic E-state index is 13.1. The van der Waals surface area contributed by atoms with Gasteiger partial charge in [-0.25, -0.2) is 0 Å². The number of carbonyl (C=O) groups excluding carboxylic acids is 1. The number of rotatable bonds is 3. The zero-order valence-corrected chi connectivity index (χ0v) is 15.4. The van der Waals surface area contributed by atoms with E-state index >= 15 is 0 Å². The molecule has 134 valence electrons. The maximum Gasteiger partial charge on any atom is 0.223 e. The van der Waals surface area contributed by atoms with Gasteiger partial charge in [-0.1, -0.05) is 30.3 Å². The Hall–Kier alpha value is -1.35. The SMILES string of the molecule is CN1CCN(C(=O)CC23CC4CC2CC(c2ccccc2)(C4)C3)CC1. The Morgan fingerprint density at radius 2 is 1.84 bits per heavy atom. The molecule has 1 heterocycles. The minimum absolute atomic E-state index is 0.305. The van der Waals surface area contributed by atoms with Crippen molar-refractivity contribution in [2.45, 2.75) is 43.9 Å². The van der Waals surface area contributed by atoms with E-state index in [4.69, 9.17) is 0 Å². The standard InChI is InChI=1S/C22H30N2O/c1-23-7-9-24(10-8-23)20(25)15-22-13-17-11-19(22)14-21(12-17,16-22)18-5-3-2-4-6-18/h2-6,17,19H,7-16H2,1H3. The van der Waals surface area contributed by atoms with E-state index in [1.807, 2.05) is 0 Å². The summed E-state index contributed by atoms with van der Waals surface area (Å²) in [6, 6.07) is 11.2. The van der Waals surface area contributed by atoms with Gasteiger partial charge in [0.25, 0.3) is 0 Å². The van der Waals surface area contributed by atoms with E-state index in [0.29, 0.717) is 16.7 Å². The number of carbonyl (C=O) groups is 1. The first-order valence-corrected chi connectivity index (χ1v) is 10.1. The van der Waals surface area contributed by atoms with Crippen LogP contribution in [-0.2, 0) is 10.2 Å². The van der Waals surface area contributed by atoms with Gasteiger partial charge < -0.3 is 9.80 Å². The van der Waals surface area contributed by atoms with Gasteiger partial charge in [0.1, 0.15) is 0 Å². The van der Waals surface area contributed by atoms with Crippen LogP contribution in [-0.4, -0.2) is 48.9 Å². The minimum Gasteiger partial charge on any atom is -0.340 e. The molecule has 4 aliphatic carbocycles. The zero-order chi connectivity index (χ0) is 17.1. The van der Waals surface area contributed by atoms with E-state index in [-0.39, 0.29) is 0 Å². The van der Waals surface area contributed by atoms with Gasteiger partial charge in [0.2, 0.25) is 5.91 Å². The number of nitrogens with zero attached hydrogens (tertiary/aromatic N) is 2. The third-order valence-corrected chi connectivity index (χ3v) is 7.93. The van der Waals surface area contributed by atoms with Crippen molar-refractivity contribution in [2.75, 3.05) is 33.2 Å². The first kappa shape index (κ1) is 15.9. The lowest BCUT2D eigenvalue weighted by Crippen LogP contribution is -2.48. The van der Waals surface area contributed by atoms with Crippen molar-refractivity contribution in [3.8, 4) is 0 Å². The molecular formula is C22H30N2O. The van der Waals surface area contributed by atoms with Gasteiger partial charge in [-0.15, -0.1) is 0 Å². The van der Waals surface area contributed by atoms with Crippen LogP contribution < -0.4 is 0 Å². The van der Waals surface area contributed by atoms with Crippen LogP contribution in [0.1, 0.15) is 44.1 Å². The lowest BCUT2D eigenvalue weighted by Gasteiger charge is -2.42. The van der Waals surface area contributed by atoms with Crippen LogP contribution in [0.2, 0.25) is 0 Å². The van der Waals surface area contributed by atoms with Crippen molar-refractivity contribution in [3.05, 3.63) is 35.9 Å². The van der Waals surface area contributed by atoms with Gasteiger partial charge in [-0.3, -0.25) is 4.79 Å². The summed E-state index contributed by atoms with van der Waals surface area (Å²) in [4.78, 5) is 17.5. The van der Waals surface area contributed by atoms with Crippen molar-refractivity contribution >= 4 is 5.91 Å². The van der Waals surface area contributed by atoms with E-state index in [1.54, 1.807) is 5.56 Å². The predicted octanol–water partition coefficient (Wildman–Crippen LogP) is 3.30. The van der Waals surface area contributed by atoms with E-state index < -0.39 is 0 Å². The lowest BCUT2D eigenvalue weighted by atomic mass is 9.63. The molecule has 25 heavy (non-hydrogen) atoms. The van der Waals surface area contributed by atoms with Crippen molar-refractivity contribution in [2.24, 2.45) is 17.3 Å². The molecule has 5 fully saturated rings. The van der Waals surface area contributed by atoms with Crippen LogP contribution in [0.4, 0.5) is 0 Å². The number of hydrogen-bond acceptors (Lipinski definition) is 2. The average Bonchev–Trinajstić information content (AvgIpc) is 2.98. The molecule has 0 N–H and O–H groups in total. The first-order chi connectivity index (χ1) is 12.1. The molecule has 4 bridgehead atoms. The zero-order valence-electron chi connectivity index (χ0n) is 15.4. The first-order valence-electron chi connectivity index (χ1n) is 10.1. The highest BCUT2D eigenvalue weighted by Crippen LogP contribution is 2.71. The quantitative estimate of drug-likeness (QED) is 0.844. The van der Waals surface area contributed by atoms with E-state index in [0.717, 1.165) is 44.4 Å². The molecule has 1 saturated heterocycles. The molecule has 4 atom stereocenters. The van der Waals surface area contributed by atoms with Crippen LogP contribution in [0.15, 0.2) is 30.3 Å². The van der Waals surface area contributed by atoms with E-state index in [1.165, 1.54) is 32.1 Å². The monoisotopic (exact) mass is 338 g/mol. The van der Waals surface area contributed by atoms with Gasteiger partial charge in [0, 0.05) is 32.6 Å². The largest absolute Gasteiger partial charge is 0.340 e. The minimum atomic E-state index is 0.305. The second-order valence-electron chi connectivity index (χ2n) is 9.46. The summed E-state index contributed by atoms with van der Waals surface area (Å²) in [5, 5.41) is 0.